The summed E-state index contributed by atoms with van der Waals surface area (Å²) in [4.78, 5) is 11.9. The third-order valence-electron chi connectivity index (χ3n) is 2.86. The molecule has 0 radical (unpaired) electrons. The molecule has 2 rings (SSSR count). The van der Waals surface area contributed by atoms with E-state index < -0.39 is 22.7 Å². The molecule has 1 amide bonds. The van der Waals surface area contributed by atoms with Crippen molar-refractivity contribution in [3.63, 3.8) is 0 Å². The number of hydrogen-bond donors (Lipinski definition) is 2. The van der Waals surface area contributed by atoms with Gasteiger partial charge in [0.25, 0.3) is 0 Å². The van der Waals surface area contributed by atoms with E-state index in [9.17, 15) is 13.2 Å². The summed E-state index contributed by atoms with van der Waals surface area (Å²) in [5.74, 6) is -0.791. The van der Waals surface area contributed by atoms with Crippen LogP contribution in [0.3, 0.4) is 0 Å². The van der Waals surface area contributed by atoms with E-state index in [4.69, 9.17) is 15.7 Å². The zero-order chi connectivity index (χ0) is 19.5. The second-order valence-corrected chi connectivity index (χ2v) is 7.02. The van der Waals surface area contributed by atoms with Crippen molar-refractivity contribution >= 4 is 38.7 Å². The Morgan fingerprint density at radius 3 is 2.74 bits per heavy atom. The van der Waals surface area contributed by atoms with Crippen LogP contribution in [0.25, 0.3) is 0 Å². The standard InChI is InChI=1S/C14H15ClN4O3S/c1-16-14(20)8-11-10(7-13(15)19-18-11)17-9-5-3-4-6-12(9)23(2,21)22/h3-7H,8H2,1-2H3,(H,16,20)(H,17,19)/i1D3. The number of sulfone groups is 1. The summed E-state index contributed by atoms with van der Waals surface area (Å²) in [6.07, 6.45) is 0.682. The van der Waals surface area contributed by atoms with Crippen LogP contribution in [-0.2, 0) is 21.1 Å². The summed E-state index contributed by atoms with van der Waals surface area (Å²) in [5, 5.41) is 12.2. The van der Waals surface area contributed by atoms with Crippen LogP contribution in [0.5, 0.6) is 0 Å². The van der Waals surface area contributed by atoms with E-state index in [-0.39, 0.29) is 33.5 Å². The Balaban J connectivity index is 2.36. The second kappa shape index (κ2) is 6.93. The summed E-state index contributed by atoms with van der Waals surface area (Å²) < 4.78 is 45.0. The number of anilines is 2. The molecular weight excluding hydrogens is 340 g/mol. The highest BCUT2D eigenvalue weighted by molar-refractivity contribution is 7.90. The van der Waals surface area contributed by atoms with Gasteiger partial charge in [0.05, 0.1) is 28.4 Å². The molecule has 2 aromatic rings. The highest BCUT2D eigenvalue weighted by Crippen LogP contribution is 2.27. The molecular formula is C14H15ClN4O3S. The molecule has 0 fully saturated rings. The van der Waals surface area contributed by atoms with Gasteiger partial charge in [-0.3, -0.25) is 4.79 Å². The largest absolute Gasteiger partial charge is 0.359 e. The monoisotopic (exact) mass is 357 g/mol. The molecule has 0 spiro atoms. The number of halogens is 1. The minimum atomic E-state index is -3.51. The van der Waals surface area contributed by atoms with E-state index in [1.165, 1.54) is 18.2 Å². The Labute approximate surface area is 143 Å². The van der Waals surface area contributed by atoms with Crippen LogP contribution >= 0.6 is 11.6 Å². The van der Waals surface area contributed by atoms with Crippen molar-refractivity contribution in [1.82, 2.24) is 15.5 Å². The van der Waals surface area contributed by atoms with Crippen LogP contribution in [0.2, 0.25) is 5.15 Å². The topological polar surface area (TPSA) is 101 Å². The quantitative estimate of drug-likeness (QED) is 0.842. The van der Waals surface area contributed by atoms with Crippen LogP contribution < -0.4 is 10.6 Å². The van der Waals surface area contributed by atoms with E-state index in [2.05, 4.69) is 15.5 Å². The van der Waals surface area contributed by atoms with Crippen molar-refractivity contribution in [3.8, 4) is 0 Å². The van der Waals surface area contributed by atoms with Gasteiger partial charge in [-0.1, -0.05) is 23.7 Å². The van der Waals surface area contributed by atoms with Gasteiger partial charge in [-0.05, 0) is 12.1 Å². The molecule has 2 N–H and O–H groups in total. The van der Waals surface area contributed by atoms with Gasteiger partial charge in [-0.25, -0.2) is 8.42 Å². The van der Waals surface area contributed by atoms with Crippen molar-refractivity contribution in [2.24, 2.45) is 0 Å². The molecule has 0 saturated heterocycles. The summed E-state index contributed by atoms with van der Waals surface area (Å²) in [6, 6.07) is 7.54. The zero-order valence-electron chi connectivity index (χ0n) is 15.0. The van der Waals surface area contributed by atoms with Crippen LogP contribution in [0.1, 0.15) is 9.81 Å². The lowest BCUT2D eigenvalue weighted by Crippen LogP contribution is -2.21. The normalized spacial score (nSPS) is 13.6. The van der Waals surface area contributed by atoms with Gasteiger partial charge in [0.15, 0.2) is 15.0 Å². The number of nitrogens with zero attached hydrogens (tertiary/aromatic N) is 2. The van der Waals surface area contributed by atoms with Gasteiger partial charge in [0.1, 0.15) is 0 Å². The molecule has 7 nitrogen and oxygen atoms in total. The number of para-hydroxylation sites is 1. The predicted octanol–water partition coefficient (Wildman–Crippen LogP) is 1.57. The molecule has 0 unspecified atom stereocenters. The van der Waals surface area contributed by atoms with E-state index in [0.29, 0.717) is 0 Å². The second-order valence-electron chi connectivity index (χ2n) is 4.65. The smallest absolute Gasteiger partial charge is 0.225 e. The first-order valence-corrected chi connectivity index (χ1v) is 8.62. The Bertz CT molecular complexity index is 935. The summed E-state index contributed by atoms with van der Waals surface area (Å²) in [6.45, 7) is -2.63. The maximum atomic E-state index is 11.9. The van der Waals surface area contributed by atoms with Gasteiger partial charge in [0, 0.05) is 23.4 Å². The Morgan fingerprint density at radius 1 is 1.30 bits per heavy atom. The lowest BCUT2D eigenvalue weighted by molar-refractivity contribution is -0.120. The lowest BCUT2D eigenvalue weighted by atomic mass is 10.2. The maximum Gasteiger partial charge on any atom is 0.225 e. The number of carbonyl (C=O) groups is 1. The minimum Gasteiger partial charge on any atom is -0.359 e. The molecule has 23 heavy (non-hydrogen) atoms. The van der Waals surface area contributed by atoms with Gasteiger partial charge >= 0.3 is 0 Å². The zero-order valence-corrected chi connectivity index (χ0v) is 13.6. The van der Waals surface area contributed by atoms with Crippen LogP contribution in [0.15, 0.2) is 35.2 Å². The summed E-state index contributed by atoms with van der Waals surface area (Å²) in [7, 11) is -3.51. The number of carbonyl (C=O) groups excluding carboxylic acids is 1. The molecule has 0 bridgehead atoms. The minimum absolute atomic E-state index is 0.0179. The summed E-state index contributed by atoms with van der Waals surface area (Å²) >= 11 is 5.83. The number of amides is 1. The number of likely N-dealkylation sites (N-methyl/N-ethyl adjacent to an activating group) is 1. The highest BCUT2D eigenvalue weighted by Gasteiger charge is 2.16. The summed E-state index contributed by atoms with van der Waals surface area (Å²) in [5.41, 5.74) is 0.609. The molecule has 0 saturated carbocycles. The van der Waals surface area contributed by atoms with E-state index in [1.807, 2.05) is 5.32 Å². The third kappa shape index (κ3) is 4.40. The lowest BCUT2D eigenvalue weighted by Gasteiger charge is -2.13. The Kier molecular flexibility index (Phi) is 4.00. The van der Waals surface area contributed by atoms with Crippen LogP contribution in [-0.4, -0.2) is 37.8 Å². The number of aromatic nitrogens is 2. The number of hydrogen-bond acceptors (Lipinski definition) is 6. The SMILES string of the molecule is [2H]C([2H])([2H])NC(=O)Cc1nnc(Cl)cc1Nc1ccccc1S(C)(=O)=O. The number of rotatable bonds is 5. The fourth-order valence-corrected chi connectivity index (χ4v) is 2.86. The predicted molar refractivity (Wildman–Crippen MR) is 87.6 cm³/mol. The maximum absolute atomic E-state index is 11.9. The van der Waals surface area contributed by atoms with Crippen molar-refractivity contribution in [2.45, 2.75) is 11.3 Å². The molecule has 0 atom stereocenters. The molecule has 0 aliphatic rings. The van der Waals surface area contributed by atoms with Gasteiger partial charge in [0.2, 0.25) is 5.91 Å². The van der Waals surface area contributed by atoms with Gasteiger partial charge in [-0.15, -0.1) is 5.10 Å². The molecule has 1 heterocycles. The van der Waals surface area contributed by atoms with Crippen molar-refractivity contribution in [1.29, 1.82) is 0 Å². The number of nitrogens with one attached hydrogen (secondary N) is 2. The molecule has 122 valence electrons. The third-order valence-corrected chi connectivity index (χ3v) is 4.20. The van der Waals surface area contributed by atoms with E-state index in [0.717, 1.165) is 6.26 Å². The molecule has 1 aromatic carbocycles. The Morgan fingerprint density at radius 2 is 2.04 bits per heavy atom. The van der Waals surface area contributed by atoms with E-state index in [1.54, 1.807) is 12.1 Å². The Hall–Kier alpha value is -2.19. The average Bonchev–Trinajstić information content (AvgIpc) is 2.47. The molecule has 0 aliphatic carbocycles. The fourth-order valence-electron chi connectivity index (χ4n) is 1.87. The fraction of sp³-hybridized carbons (Fsp3) is 0.214. The first kappa shape index (κ1) is 13.3. The molecule has 9 heteroatoms. The average molecular weight is 358 g/mol. The van der Waals surface area contributed by atoms with Crippen LogP contribution in [0.4, 0.5) is 11.4 Å². The first-order valence-electron chi connectivity index (χ1n) is 7.85. The molecule has 1 aromatic heterocycles. The van der Waals surface area contributed by atoms with Gasteiger partial charge in [-0.2, -0.15) is 5.10 Å². The number of benzene rings is 1. The van der Waals surface area contributed by atoms with Crippen molar-refractivity contribution in [3.05, 3.63) is 41.2 Å². The molecule has 0 aliphatic heterocycles. The van der Waals surface area contributed by atoms with Gasteiger partial charge < -0.3 is 10.6 Å². The highest BCUT2D eigenvalue weighted by atomic mass is 35.5. The van der Waals surface area contributed by atoms with E-state index >= 15 is 0 Å². The first-order chi connectivity index (χ1) is 12.0. The van der Waals surface area contributed by atoms with Crippen molar-refractivity contribution in [2.75, 3.05) is 18.5 Å². The van der Waals surface area contributed by atoms with Crippen molar-refractivity contribution < 1.29 is 17.3 Å². The van der Waals surface area contributed by atoms with Crippen LogP contribution in [0, 0.1) is 0 Å².